The fourth-order valence-electron chi connectivity index (χ4n) is 20.4. The minimum absolute atomic E-state index is 0.000728. The quantitative estimate of drug-likeness (QED) is 0.0462. The number of phenols is 3. The first-order chi connectivity index (χ1) is 52.8. The number of ketones is 5. The highest BCUT2D eigenvalue weighted by atomic mass is 16.7. The lowest BCUT2D eigenvalue weighted by Gasteiger charge is -2.62. The number of benzene rings is 2. The second-order valence-corrected chi connectivity index (χ2v) is 32.2. The molecule has 620 valence electrons. The summed E-state index contributed by atoms with van der Waals surface area (Å²) in [6.45, 7) is 11.8. The first-order valence-electron chi connectivity index (χ1n) is 38.4. The minimum Gasteiger partial charge on any atom is -0.507 e. The number of fused-ring (bicyclic) bond motifs is 6. The van der Waals surface area contributed by atoms with Crippen LogP contribution in [0.2, 0.25) is 0 Å². The van der Waals surface area contributed by atoms with Crippen molar-refractivity contribution in [2.75, 3.05) is 21.3 Å². The number of aromatic hydroxyl groups is 3. The van der Waals surface area contributed by atoms with Gasteiger partial charge >= 0.3 is 0 Å². The average Bonchev–Trinajstić information content (AvgIpc) is 1.47. The van der Waals surface area contributed by atoms with E-state index < -0.39 is 326 Å². The Morgan fingerprint density at radius 2 is 1.12 bits per heavy atom. The van der Waals surface area contributed by atoms with Crippen molar-refractivity contribution >= 4 is 46.3 Å². The van der Waals surface area contributed by atoms with Crippen LogP contribution in [-0.4, -0.2) is 301 Å². The van der Waals surface area contributed by atoms with E-state index in [0.717, 1.165) is 28.3 Å². The van der Waals surface area contributed by atoms with Crippen molar-refractivity contribution in [2.45, 2.75) is 308 Å². The fourth-order valence-corrected chi connectivity index (χ4v) is 20.4. The summed E-state index contributed by atoms with van der Waals surface area (Å²) in [5.41, 5.74) is -19.0. The molecule has 2 aromatic carbocycles. The highest BCUT2D eigenvalue weighted by molar-refractivity contribution is 6.35. The van der Waals surface area contributed by atoms with E-state index in [4.69, 9.17) is 66.3 Å². The molecule has 6 aliphatic carbocycles. The molecule has 112 heavy (non-hydrogen) atoms. The van der Waals surface area contributed by atoms with Crippen molar-refractivity contribution in [2.24, 2.45) is 23.7 Å². The van der Waals surface area contributed by atoms with Crippen LogP contribution in [0.3, 0.4) is 0 Å². The van der Waals surface area contributed by atoms with E-state index in [1.807, 2.05) is 0 Å². The molecule has 6 saturated heterocycles. The smallest absolute Gasteiger partial charge is 0.202 e. The number of hydrogen-bond acceptors (Lipinski definition) is 35. The molecule has 4 bridgehead atoms. The Morgan fingerprint density at radius 3 is 1.69 bits per heavy atom. The van der Waals surface area contributed by atoms with E-state index in [1.54, 1.807) is 27.7 Å². The molecule has 6 heterocycles. The van der Waals surface area contributed by atoms with Crippen LogP contribution >= 0.6 is 0 Å². The zero-order valence-electron chi connectivity index (χ0n) is 63.6. The first-order valence-corrected chi connectivity index (χ1v) is 38.4. The second-order valence-electron chi connectivity index (χ2n) is 32.2. The molecule has 21 unspecified atom stereocenters. The molecule has 2 aromatic rings. The maximum Gasteiger partial charge on any atom is 0.202 e. The number of phenolic OH excluding ortho intramolecular Hbond substituents is 3. The average molecular weight is 1590 g/mol. The summed E-state index contributed by atoms with van der Waals surface area (Å²) in [7, 11) is 3.13. The van der Waals surface area contributed by atoms with E-state index in [2.05, 4.69) is 0 Å². The molecule has 0 aromatic heterocycles. The highest BCUT2D eigenvalue weighted by Gasteiger charge is 2.82. The Bertz CT molecular complexity index is 4200. The number of hydrogen-bond donors (Lipinski definition) is 16. The van der Waals surface area contributed by atoms with Gasteiger partial charge in [0, 0.05) is 48.8 Å². The van der Waals surface area contributed by atoms with Gasteiger partial charge in [-0.3, -0.25) is 24.0 Å². The first kappa shape index (κ1) is 82.5. The Kier molecular flexibility index (Phi) is 22.0. The number of allylic oxidation sites excluding steroid dienone is 1. The van der Waals surface area contributed by atoms with E-state index in [0.29, 0.717) is 0 Å². The lowest BCUT2D eigenvalue weighted by molar-refractivity contribution is -0.360. The zero-order chi connectivity index (χ0) is 81.3. The topological polar surface area (TPSA) is 538 Å². The van der Waals surface area contributed by atoms with Crippen molar-refractivity contribution in [3.8, 4) is 28.7 Å². The lowest BCUT2D eigenvalue weighted by atomic mass is 9.50. The number of aliphatic hydroxyl groups is 13. The Morgan fingerprint density at radius 1 is 0.554 bits per heavy atom. The van der Waals surface area contributed by atoms with Gasteiger partial charge in [-0.1, -0.05) is 32.8 Å². The molecule has 0 spiro atoms. The number of carbonyl (C=O) groups excluding carboxylic acids is 5. The van der Waals surface area contributed by atoms with Crippen molar-refractivity contribution in [1.82, 2.24) is 0 Å². The van der Waals surface area contributed by atoms with Gasteiger partial charge in [-0.2, -0.15) is 0 Å². The number of rotatable bonds is 18. The number of methoxy groups -OCH3 is 3. The van der Waals surface area contributed by atoms with Gasteiger partial charge in [0.05, 0.1) is 146 Å². The lowest BCUT2D eigenvalue weighted by Crippen LogP contribution is -2.81. The number of ether oxygens (including phenoxy) is 14. The van der Waals surface area contributed by atoms with Gasteiger partial charge in [0.15, 0.2) is 88.6 Å². The summed E-state index contributed by atoms with van der Waals surface area (Å²) in [5.74, 6) is -19.9. The van der Waals surface area contributed by atoms with Gasteiger partial charge in [-0.25, -0.2) is 0 Å². The van der Waals surface area contributed by atoms with Gasteiger partial charge < -0.3 is 148 Å². The Balaban J connectivity index is 0.868. The van der Waals surface area contributed by atoms with Crippen molar-refractivity contribution in [3.05, 3.63) is 44.0 Å². The third kappa shape index (κ3) is 12.0. The molecule has 9 fully saturated rings. The molecule has 35 nitrogen and oxygen atoms in total. The van der Waals surface area contributed by atoms with E-state index in [-0.39, 0.29) is 63.0 Å². The third-order valence-electron chi connectivity index (χ3n) is 26.0. The summed E-state index contributed by atoms with van der Waals surface area (Å²) >= 11 is 0. The van der Waals surface area contributed by atoms with Crippen molar-refractivity contribution < 1.29 is 172 Å². The van der Waals surface area contributed by atoms with Crippen LogP contribution in [0.25, 0.3) is 17.4 Å². The van der Waals surface area contributed by atoms with Crippen LogP contribution in [-0.2, 0) is 66.4 Å². The predicted molar refractivity (Wildman–Crippen MR) is 375 cm³/mol. The second kappa shape index (κ2) is 29.8. The largest absolute Gasteiger partial charge is 0.507 e. The summed E-state index contributed by atoms with van der Waals surface area (Å²) in [4.78, 5) is 76.9. The number of aliphatic hydroxyl groups excluding tert-OH is 9. The standard InChI is InChI=1S/C77H102O35/c1-12-18-73(95)71(110-39-16-14-34(79)25(3)102-39)61(91)64(108-41-22-35(80)53(83)27(5)104-41)33-21-31-20-32-45(55(85)44(31)69(93)76(33,73)97)56(86)49(67(101-11)63(32)99-9)48-57(87)46-47(60(90)66(48)100-10)58(88)50-51(59(46)89)70(94)77(98)52-65(50)112-74(77,19-13-2)72(62(92)68(52)109-42-23-36(81)54(84)28(6)105-42)111-40-17-15-37(26(4)103-40)107-43-24-38(82)75(96,29(7)78)30(8)106-43/h20,25-28,30-31,33-44,52-54,61-62,64-65,68,71-72,79-84,86,88-92,95-98H,12-19,21-24H2,1-11H3/t25-,26-,27+,28+,30?,31?,33?,34?,35-,36-,37?,38?,39+,40+,41+,42+,43?,44?,52?,53+,54+,61?,62?,64?,65?,68?,71?,72?,73?,74?,75?,76?,77?/m1/s1. The zero-order valence-corrected chi connectivity index (χ0v) is 63.6. The SMILES string of the molecule is CCCC1(O)C(O[C@H]2CCC(O)[C@@H](C)O2)C(O)C(O[C@H]2C[C@@H](O)[C@@H](O)[C@H](C)O2)C2CC3C=c4c(OC)c(OC)c(=C5C(=O)c6c(O)c7c(c(O)c6C(O)=C5OC)C5OC6(CCC)C(O[C@H]8CCC(OC9CC(O)C(O)(C(C)=O)C(C)O9)[C@@H](C)O8)C(O)C(O[C@H]8C[C@@H](O)[C@@H](O)[C@H](C)O8)C5C6(O)C7=O)c(O)c4C(=O)C3C(=O)C21O. The molecule has 35 heteroatoms. The Hall–Kier alpha value is -6.05. The number of Topliss-reactive ketones (excluding diaryl/α,β-unsaturated/α-hetero) is 5. The fraction of sp³-hybridized carbons (Fsp3) is 0.727. The maximum absolute atomic E-state index is 16.3. The molecule has 33 atom stereocenters. The highest BCUT2D eigenvalue weighted by Crippen LogP contribution is 2.69. The van der Waals surface area contributed by atoms with Crippen LogP contribution in [0.1, 0.15) is 181 Å². The van der Waals surface area contributed by atoms with Crippen molar-refractivity contribution in [1.29, 1.82) is 0 Å². The molecule has 14 rings (SSSR count). The van der Waals surface area contributed by atoms with Crippen LogP contribution < -0.4 is 19.9 Å². The van der Waals surface area contributed by atoms with Gasteiger partial charge in [-0.15, -0.1) is 0 Å². The molecule has 16 N–H and O–H groups in total. The van der Waals surface area contributed by atoms with Crippen LogP contribution in [0, 0.1) is 23.7 Å². The Labute approximate surface area is 641 Å². The van der Waals surface area contributed by atoms with Gasteiger partial charge in [0.2, 0.25) is 11.6 Å². The van der Waals surface area contributed by atoms with E-state index >= 15 is 19.2 Å². The molecule has 3 saturated carbocycles. The summed E-state index contributed by atoms with van der Waals surface area (Å²) in [5, 5.41) is 194. The molecule has 12 aliphatic rings. The molecule has 6 aliphatic heterocycles. The van der Waals surface area contributed by atoms with Gasteiger partial charge in [0.1, 0.15) is 65.1 Å². The molecule has 0 amide bonds. The minimum atomic E-state index is -3.14. The molecule has 0 radical (unpaired) electrons. The van der Waals surface area contributed by atoms with Gasteiger partial charge in [-0.05, 0) is 79.6 Å². The van der Waals surface area contributed by atoms with Crippen molar-refractivity contribution in [3.63, 3.8) is 0 Å². The summed E-state index contributed by atoms with van der Waals surface area (Å²) in [6, 6.07) is 0. The summed E-state index contributed by atoms with van der Waals surface area (Å²) < 4.78 is 87.2. The maximum atomic E-state index is 16.3. The molecular weight excluding hydrogens is 1480 g/mol. The van der Waals surface area contributed by atoms with Crippen LogP contribution in [0.4, 0.5) is 0 Å². The number of carbonyl (C=O) groups is 5. The monoisotopic (exact) mass is 1590 g/mol. The normalized spacial score (nSPS) is 45.5. The van der Waals surface area contributed by atoms with Crippen LogP contribution in [0.5, 0.6) is 28.7 Å². The van der Waals surface area contributed by atoms with Gasteiger partial charge in [0.25, 0.3) is 0 Å². The van der Waals surface area contributed by atoms with Crippen LogP contribution in [0.15, 0.2) is 5.76 Å². The molecular formula is C77H102O35. The third-order valence-corrected chi connectivity index (χ3v) is 26.0. The van der Waals surface area contributed by atoms with E-state index in [1.165, 1.54) is 26.8 Å². The predicted octanol–water partition coefficient (Wildman–Crippen LogP) is -1.43. The van der Waals surface area contributed by atoms with E-state index in [9.17, 15) is 86.5 Å². The summed E-state index contributed by atoms with van der Waals surface area (Å²) in [6.07, 6.45) is -34.8.